The van der Waals surface area contributed by atoms with Crippen LogP contribution in [0.3, 0.4) is 0 Å². The predicted octanol–water partition coefficient (Wildman–Crippen LogP) is 2.81. The van der Waals surface area contributed by atoms with E-state index in [-0.39, 0.29) is 5.56 Å². The molecule has 1 aliphatic heterocycles. The topological polar surface area (TPSA) is 45.8 Å². The molecule has 0 bridgehead atoms. The molecule has 92 valence electrons. The Morgan fingerprint density at radius 2 is 2.00 bits per heavy atom. The van der Waals surface area contributed by atoms with E-state index < -0.39 is 0 Å². The summed E-state index contributed by atoms with van der Waals surface area (Å²) in [5.74, 6) is 4.01. The number of rotatable bonds is 1. The minimum absolute atomic E-state index is 0.105. The van der Waals surface area contributed by atoms with Crippen molar-refractivity contribution >= 4 is 11.8 Å². The third-order valence-corrected chi connectivity index (χ3v) is 4.98. The largest absolute Gasteiger partial charge is 0.310 e. The highest BCUT2D eigenvalue weighted by Crippen LogP contribution is 2.34. The maximum absolute atomic E-state index is 11.9. The summed E-state index contributed by atoms with van der Waals surface area (Å²) in [4.78, 5) is 19.6. The second-order valence-electron chi connectivity index (χ2n) is 5.33. The fourth-order valence-electron chi connectivity index (χ4n) is 2.81. The van der Waals surface area contributed by atoms with Crippen LogP contribution in [0.1, 0.15) is 55.6 Å². The molecule has 1 aliphatic carbocycles. The molecule has 2 aliphatic rings. The average Bonchev–Trinajstić information content (AvgIpc) is 2.78. The van der Waals surface area contributed by atoms with Gasteiger partial charge in [0.15, 0.2) is 0 Å². The lowest BCUT2D eigenvalue weighted by Crippen LogP contribution is -2.21. The van der Waals surface area contributed by atoms with Crippen molar-refractivity contribution in [2.75, 3.05) is 0 Å². The van der Waals surface area contributed by atoms with Gasteiger partial charge in [-0.1, -0.05) is 19.8 Å². The van der Waals surface area contributed by atoms with Crippen LogP contribution in [0.25, 0.3) is 0 Å². The van der Waals surface area contributed by atoms with E-state index in [1.54, 1.807) is 11.8 Å². The summed E-state index contributed by atoms with van der Waals surface area (Å²) in [5, 5.41) is 0. The molecule has 0 radical (unpaired) electrons. The van der Waals surface area contributed by atoms with Gasteiger partial charge in [0.2, 0.25) is 0 Å². The van der Waals surface area contributed by atoms with Crippen LogP contribution in [0.2, 0.25) is 0 Å². The van der Waals surface area contributed by atoms with Gasteiger partial charge in [-0.05, 0) is 18.8 Å². The highest BCUT2D eigenvalue weighted by atomic mass is 32.2. The minimum Gasteiger partial charge on any atom is -0.310 e. The first-order valence-electron chi connectivity index (χ1n) is 6.43. The van der Waals surface area contributed by atoms with Gasteiger partial charge < -0.3 is 4.98 Å². The highest BCUT2D eigenvalue weighted by molar-refractivity contribution is 7.98. The first kappa shape index (κ1) is 11.3. The van der Waals surface area contributed by atoms with Crippen molar-refractivity contribution in [3.05, 3.63) is 27.4 Å². The van der Waals surface area contributed by atoms with E-state index in [2.05, 4.69) is 16.9 Å². The molecule has 1 N–H and O–H groups in total. The fraction of sp³-hybridized carbons (Fsp3) is 0.692. The van der Waals surface area contributed by atoms with Crippen LogP contribution < -0.4 is 5.56 Å². The van der Waals surface area contributed by atoms with E-state index >= 15 is 0 Å². The molecule has 0 unspecified atom stereocenters. The summed E-state index contributed by atoms with van der Waals surface area (Å²) in [5.41, 5.74) is 2.05. The Kier molecular flexibility index (Phi) is 2.99. The zero-order chi connectivity index (χ0) is 11.8. The van der Waals surface area contributed by atoms with Gasteiger partial charge in [-0.3, -0.25) is 4.79 Å². The zero-order valence-corrected chi connectivity index (χ0v) is 11.0. The Balaban J connectivity index is 1.89. The van der Waals surface area contributed by atoms with Crippen molar-refractivity contribution in [1.29, 1.82) is 0 Å². The lowest BCUT2D eigenvalue weighted by molar-refractivity contribution is 0.339. The number of H-pyrrole nitrogens is 1. The third-order valence-electron chi connectivity index (χ3n) is 4.01. The molecular formula is C13H18N2OS. The lowest BCUT2D eigenvalue weighted by Gasteiger charge is -2.25. The summed E-state index contributed by atoms with van der Waals surface area (Å²) in [7, 11) is 0. The van der Waals surface area contributed by atoms with Crippen molar-refractivity contribution in [1.82, 2.24) is 9.97 Å². The smallest absolute Gasteiger partial charge is 0.255 e. The number of hydrogen-bond donors (Lipinski definition) is 1. The number of aromatic amines is 1. The number of nitrogens with zero attached hydrogens (tertiary/aromatic N) is 1. The number of aromatic nitrogens is 2. The number of thioether (sulfide) groups is 1. The molecule has 0 saturated heterocycles. The molecule has 4 heteroatoms. The fourth-order valence-corrected chi connectivity index (χ4v) is 3.84. The standard InChI is InChI=1S/C13H18N2OS/c1-8-2-4-9(5-3-8)12-14-11-7-17-6-10(11)13(16)15-12/h8-9H,2-7H2,1H3,(H,14,15,16). The monoisotopic (exact) mass is 250 g/mol. The molecule has 0 atom stereocenters. The van der Waals surface area contributed by atoms with E-state index in [1.807, 2.05) is 0 Å². The maximum Gasteiger partial charge on any atom is 0.255 e. The third kappa shape index (κ3) is 2.15. The minimum atomic E-state index is 0.105. The first-order chi connectivity index (χ1) is 8.24. The zero-order valence-electron chi connectivity index (χ0n) is 10.2. The van der Waals surface area contributed by atoms with Gasteiger partial charge in [0.1, 0.15) is 5.82 Å². The van der Waals surface area contributed by atoms with Crippen molar-refractivity contribution in [2.24, 2.45) is 5.92 Å². The lowest BCUT2D eigenvalue weighted by atomic mass is 9.82. The summed E-state index contributed by atoms with van der Waals surface area (Å²) < 4.78 is 0. The van der Waals surface area contributed by atoms with Gasteiger partial charge >= 0.3 is 0 Å². The van der Waals surface area contributed by atoms with Gasteiger partial charge in [-0.2, -0.15) is 11.8 Å². The van der Waals surface area contributed by atoms with Crippen molar-refractivity contribution < 1.29 is 0 Å². The molecule has 2 heterocycles. The van der Waals surface area contributed by atoms with Crippen molar-refractivity contribution in [2.45, 2.75) is 50.0 Å². The van der Waals surface area contributed by atoms with Gasteiger partial charge in [-0.15, -0.1) is 0 Å². The molecule has 17 heavy (non-hydrogen) atoms. The molecule has 0 aromatic carbocycles. The molecule has 1 aromatic rings. The van der Waals surface area contributed by atoms with Gasteiger partial charge in [0.25, 0.3) is 5.56 Å². The van der Waals surface area contributed by atoms with Crippen molar-refractivity contribution in [3.63, 3.8) is 0 Å². The quantitative estimate of drug-likeness (QED) is 0.833. The molecule has 1 aromatic heterocycles. The van der Waals surface area contributed by atoms with Crippen LogP contribution in [-0.4, -0.2) is 9.97 Å². The van der Waals surface area contributed by atoms with Crippen LogP contribution in [-0.2, 0) is 11.5 Å². The molecule has 1 fully saturated rings. The van der Waals surface area contributed by atoms with E-state index in [1.165, 1.54) is 25.7 Å². The first-order valence-corrected chi connectivity index (χ1v) is 7.59. The van der Waals surface area contributed by atoms with Crippen LogP contribution >= 0.6 is 11.8 Å². The van der Waals surface area contributed by atoms with Gasteiger partial charge in [0.05, 0.1) is 5.69 Å². The molecule has 3 nitrogen and oxygen atoms in total. The number of fused-ring (bicyclic) bond motifs is 1. The Morgan fingerprint density at radius 1 is 1.24 bits per heavy atom. The van der Waals surface area contributed by atoms with Crippen LogP contribution in [0.5, 0.6) is 0 Å². The Hall–Kier alpha value is -0.770. The second kappa shape index (κ2) is 4.48. The molecular weight excluding hydrogens is 232 g/mol. The van der Waals surface area contributed by atoms with E-state index in [9.17, 15) is 4.79 Å². The summed E-state index contributed by atoms with van der Waals surface area (Å²) in [6.07, 6.45) is 4.88. The number of hydrogen-bond acceptors (Lipinski definition) is 3. The second-order valence-corrected chi connectivity index (χ2v) is 6.31. The summed E-state index contributed by atoms with van der Waals surface area (Å²) in [6, 6.07) is 0. The van der Waals surface area contributed by atoms with E-state index in [0.717, 1.165) is 34.5 Å². The predicted molar refractivity (Wildman–Crippen MR) is 70.2 cm³/mol. The summed E-state index contributed by atoms with van der Waals surface area (Å²) in [6.45, 7) is 2.31. The normalized spacial score (nSPS) is 28.1. The molecule has 1 saturated carbocycles. The maximum atomic E-state index is 11.9. The van der Waals surface area contributed by atoms with Crippen LogP contribution in [0.4, 0.5) is 0 Å². The molecule has 3 rings (SSSR count). The Morgan fingerprint density at radius 3 is 2.76 bits per heavy atom. The molecule has 0 amide bonds. The van der Waals surface area contributed by atoms with Crippen LogP contribution in [0.15, 0.2) is 4.79 Å². The SMILES string of the molecule is CC1CCC(c2nc3c(c(=O)[nH]2)CSC3)CC1. The van der Waals surface area contributed by atoms with Gasteiger partial charge in [0, 0.05) is 23.0 Å². The van der Waals surface area contributed by atoms with E-state index in [0.29, 0.717) is 5.92 Å². The van der Waals surface area contributed by atoms with Crippen LogP contribution in [0, 0.1) is 5.92 Å². The van der Waals surface area contributed by atoms with E-state index in [4.69, 9.17) is 0 Å². The average molecular weight is 250 g/mol. The van der Waals surface area contributed by atoms with Crippen molar-refractivity contribution in [3.8, 4) is 0 Å². The summed E-state index contributed by atoms with van der Waals surface area (Å²) >= 11 is 1.79. The van der Waals surface area contributed by atoms with Gasteiger partial charge in [-0.25, -0.2) is 4.98 Å². The molecule has 0 spiro atoms. The highest BCUT2D eigenvalue weighted by Gasteiger charge is 2.24. The number of nitrogens with one attached hydrogen (secondary N) is 1. The Bertz CT molecular complexity index is 475. The Labute approximate surface area is 105 Å².